The highest BCUT2D eigenvalue weighted by molar-refractivity contribution is 5.73. The number of hydrogen-bond donors (Lipinski definition) is 1. The van der Waals surface area contributed by atoms with E-state index in [1.54, 1.807) is 6.92 Å². The summed E-state index contributed by atoms with van der Waals surface area (Å²) in [6.07, 6.45) is 1.01. The molecule has 0 aliphatic rings. The van der Waals surface area contributed by atoms with E-state index in [9.17, 15) is 9.90 Å². The van der Waals surface area contributed by atoms with Crippen LogP contribution >= 0.6 is 0 Å². The fourth-order valence-corrected chi connectivity index (χ4v) is 2.13. The number of aliphatic hydroxyl groups is 1. The first-order chi connectivity index (χ1) is 8.01. The van der Waals surface area contributed by atoms with Gasteiger partial charge in [0.05, 0.1) is 18.6 Å². The molecule has 0 amide bonds. The summed E-state index contributed by atoms with van der Waals surface area (Å²) in [7, 11) is 1.35. The molecule has 0 saturated carbocycles. The van der Waals surface area contributed by atoms with E-state index >= 15 is 0 Å². The number of rotatable bonds is 5. The van der Waals surface area contributed by atoms with Gasteiger partial charge in [-0.1, -0.05) is 37.3 Å². The lowest BCUT2D eigenvalue weighted by atomic mass is 9.82. The van der Waals surface area contributed by atoms with Crippen LogP contribution in [0.2, 0.25) is 0 Å². The Hall–Kier alpha value is -1.35. The van der Waals surface area contributed by atoms with Crippen molar-refractivity contribution in [1.29, 1.82) is 0 Å². The van der Waals surface area contributed by atoms with E-state index in [1.807, 2.05) is 37.3 Å². The highest BCUT2D eigenvalue weighted by atomic mass is 16.5. The van der Waals surface area contributed by atoms with Crippen molar-refractivity contribution >= 4 is 5.97 Å². The standard InChI is InChI=1S/C14H20O3/c1-4-12(13(15)17-3)14(2,16)10-11-8-6-5-7-9-11/h5-9,12,16H,4,10H2,1-3H3. The lowest BCUT2D eigenvalue weighted by Crippen LogP contribution is -2.41. The Labute approximate surface area is 102 Å². The third-order valence-electron chi connectivity index (χ3n) is 3.05. The smallest absolute Gasteiger partial charge is 0.311 e. The number of hydrogen-bond acceptors (Lipinski definition) is 3. The van der Waals surface area contributed by atoms with Crippen molar-refractivity contribution < 1.29 is 14.6 Å². The second-order valence-corrected chi connectivity index (χ2v) is 4.50. The van der Waals surface area contributed by atoms with E-state index < -0.39 is 11.5 Å². The molecule has 0 aliphatic carbocycles. The molecule has 0 spiro atoms. The number of ether oxygens (including phenoxy) is 1. The van der Waals surface area contributed by atoms with E-state index in [-0.39, 0.29) is 5.97 Å². The van der Waals surface area contributed by atoms with Crippen LogP contribution in [0.15, 0.2) is 30.3 Å². The van der Waals surface area contributed by atoms with E-state index in [0.29, 0.717) is 12.8 Å². The largest absolute Gasteiger partial charge is 0.469 e. The topological polar surface area (TPSA) is 46.5 Å². The van der Waals surface area contributed by atoms with Gasteiger partial charge >= 0.3 is 5.97 Å². The molecule has 3 heteroatoms. The highest BCUT2D eigenvalue weighted by Gasteiger charge is 2.36. The van der Waals surface area contributed by atoms with Crippen LogP contribution in [0.5, 0.6) is 0 Å². The molecular formula is C14H20O3. The van der Waals surface area contributed by atoms with Gasteiger partial charge in [-0.05, 0) is 18.9 Å². The maximum atomic E-state index is 11.6. The van der Waals surface area contributed by atoms with E-state index in [1.165, 1.54) is 7.11 Å². The van der Waals surface area contributed by atoms with Gasteiger partial charge in [0.15, 0.2) is 0 Å². The zero-order chi connectivity index (χ0) is 12.9. The van der Waals surface area contributed by atoms with Crippen molar-refractivity contribution in [1.82, 2.24) is 0 Å². The van der Waals surface area contributed by atoms with Crippen LogP contribution in [0.25, 0.3) is 0 Å². The van der Waals surface area contributed by atoms with Crippen molar-refractivity contribution in [3.8, 4) is 0 Å². The fourth-order valence-electron chi connectivity index (χ4n) is 2.13. The molecular weight excluding hydrogens is 216 g/mol. The molecule has 1 aromatic rings. The molecule has 94 valence electrons. The number of carbonyl (C=O) groups excluding carboxylic acids is 1. The van der Waals surface area contributed by atoms with Crippen molar-refractivity contribution in [2.75, 3.05) is 7.11 Å². The zero-order valence-electron chi connectivity index (χ0n) is 10.6. The van der Waals surface area contributed by atoms with Crippen molar-refractivity contribution in [2.24, 2.45) is 5.92 Å². The molecule has 0 aliphatic heterocycles. The molecule has 0 heterocycles. The van der Waals surface area contributed by atoms with Gasteiger partial charge < -0.3 is 9.84 Å². The van der Waals surface area contributed by atoms with Gasteiger partial charge in [-0.2, -0.15) is 0 Å². The summed E-state index contributed by atoms with van der Waals surface area (Å²) in [5.74, 6) is -0.846. The van der Waals surface area contributed by atoms with Crippen LogP contribution in [-0.2, 0) is 16.0 Å². The molecule has 1 aromatic carbocycles. The highest BCUT2D eigenvalue weighted by Crippen LogP contribution is 2.26. The molecule has 0 aromatic heterocycles. The fraction of sp³-hybridized carbons (Fsp3) is 0.500. The maximum absolute atomic E-state index is 11.6. The summed E-state index contributed by atoms with van der Waals surface area (Å²) in [5, 5.41) is 10.4. The van der Waals surface area contributed by atoms with Crippen molar-refractivity contribution in [2.45, 2.75) is 32.3 Å². The molecule has 0 bridgehead atoms. The van der Waals surface area contributed by atoms with Crippen molar-refractivity contribution in [3.63, 3.8) is 0 Å². The van der Waals surface area contributed by atoms with Crippen LogP contribution in [0.4, 0.5) is 0 Å². The Balaban J connectivity index is 2.82. The minimum atomic E-state index is -1.08. The second-order valence-electron chi connectivity index (χ2n) is 4.50. The van der Waals surface area contributed by atoms with Crippen LogP contribution in [0.1, 0.15) is 25.8 Å². The Kier molecular flexibility index (Phi) is 4.70. The van der Waals surface area contributed by atoms with Crippen LogP contribution in [0, 0.1) is 5.92 Å². The summed E-state index contributed by atoms with van der Waals surface area (Å²) >= 11 is 0. The third kappa shape index (κ3) is 3.56. The van der Waals surface area contributed by atoms with Crippen LogP contribution in [0.3, 0.4) is 0 Å². The monoisotopic (exact) mass is 236 g/mol. The molecule has 1 rings (SSSR count). The molecule has 3 nitrogen and oxygen atoms in total. The zero-order valence-corrected chi connectivity index (χ0v) is 10.6. The normalized spacial score (nSPS) is 16.0. The minimum Gasteiger partial charge on any atom is -0.469 e. The van der Waals surface area contributed by atoms with Gasteiger partial charge in [0.25, 0.3) is 0 Å². The Morgan fingerprint density at radius 1 is 1.41 bits per heavy atom. The van der Waals surface area contributed by atoms with Crippen molar-refractivity contribution in [3.05, 3.63) is 35.9 Å². The number of methoxy groups -OCH3 is 1. The summed E-state index contributed by atoms with van der Waals surface area (Å²) in [6.45, 7) is 3.56. The first-order valence-corrected chi connectivity index (χ1v) is 5.85. The minimum absolute atomic E-state index is 0.353. The van der Waals surface area contributed by atoms with Crippen LogP contribution < -0.4 is 0 Å². The lowest BCUT2D eigenvalue weighted by molar-refractivity contribution is -0.154. The lowest BCUT2D eigenvalue weighted by Gasteiger charge is -2.30. The molecule has 2 atom stereocenters. The summed E-state index contributed by atoms with van der Waals surface area (Å²) in [5.41, 5.74) is -0.0664. The number of carbonyl (C=O) groups is 1. The Bertz CT molecular complexity index is 357. The SMILES string of the molecule is CCC(C(=O)OC)C(C)(O)Cc1ccccc1. The maximum Gasteiger partial charge on any atom is 0.311 e. The van der Waals surface area contributed by atoms with Gasteiger partial charge in [-0.15, -0.1) is 0 Å². The molecule has 0 saturated heterocycles. The number of esters is 1. The Morgan fingerprint density at radius 3 is 2.47 bits per heavy atom. The third-order valence-corrected chi connectivity index (χ3v) is 3.05. The van der Waals surface area contributed by atoms with Gasteiger partial charge in [-0.25, -0.2) is 0 Å². The predicted molar refractivity (Wildman–Crippen MR) is 66.6 cm³/mol. The first kappa shape index (κ1) is 13.7. The summed E-state index contributed by atoms with van der Waals surface area (Å²) < 4.78 is 4.73. The van der Waals surface area contributed by atoms with E-state index in [4.69, 9.17) is 4.74 Å². The molecule has 17 heavy (non-hydrogen) atoms. The second kappa shape index (κ2) is 5.82. The molecule has 1 N–H and O–H groups in total. The molecule has 0 radical (unpaired) electrons. The van der Waals surface area contributed by atoms with Gasteiger partial charge in [0.2, 0.25) is 0 Å². The average molecular weight is 236 g/mol. The summed E-state index contributed by atoms with van der Waals surface area (Å²) in [4.78, 5) is 11.6. The van der Waals surface area contributed by atoms with Gasteiger partial charge in [0.1, 0.15) is 0 Å². The van der Waals surface area contributed by atoms with Gasteiger partial charge in [0, 0.05) is 6.42 Å². The molecule has 2 unspecified atom stereocenters. The molecule has 0 fully saturated rings. The average Bonchev–Trinajstić information content (AvgIpc) is 2.29. The predicted octanol–water partition coefficient (Wildman–Crippen LogP) is 2.18. The van der Waals surface area contributed by atoms with E-state index in [2.05, 4.69) is 0 Å². The van der Waals surface area contributed by atoms with E-state index in [0.717, 1.165) is 5.56 Å². The first-order valence-electron chi connectivity index (χ1n) is 5.85. The number of benzene rings is 1. The summed E-state index contributed by atoms with van der Waals surface area (Å²) in [6, 6.07) is 9.65. The quantitative estimate of drug-likeness (QED) is 0.797. The van der Waals surface area contributed by atoms with Crippen LogP contribution in [-0.4, -0.2) is 23.8 Å². The van der Waals surface area contributed by atoms with Gasteiger partial charge in [-0.3, -0.25) is 4.79 Å². The Morgan fingerprint density at radius 2 is 2.00 bits per heavy atom.